The summed E-state index contributed by atoms with van der Waals surface area (Å²) in [6.45, 7) is 0.865. The number of hydrogen-bond acceptors (Lipinski definition) is 6. The van der Waals surface area contributed by atoms with Crippen molar-refractivity contribution in [2.45, 2.75) is 18.9 Å². The number of carbonyl (C=O) groups excluding carboxylic acids is 1. The van der Waals surface area contributed by atoms with Gasteiger partial charge in [-0.25, -0.2) is 8.42 Å². The number of fused-ring (bicyclic) bond motifs is 1. The summed E-state index contributed by atoms with van der Waals surface area (Å²) in [4.78, 5) is 12.2. The van der Waals surface area contributed by atoms with Crippen molar-refractivity contribution < 1.29 is 27.4 Å². The fraction of sp³-hybridized carbons (Fsp3) is 0.381. The van der Waals surface area contributed by atoms with Gasteiger partial charge in [-0.05, 0) is 30.7 Å². The van der Waals surface area contributed by atoms with Crippen molar-refractivity contribution in [3.8, 4) is 17.2 Å². The van der Waals surface area contributed by atoms with Crippen LogP contribution in [0.4, 0.5) is 5.69 Å². The smallest absolute Gasteiger partial charge is 0.232 e. The molecule has 3 rings (SSSR count). The second kappa shape index (κ2) is 9.71. The molecule has 1 aliphatic rings. The molecule has 0 radical (unpaired) electrons. The molecular weight excluding hydrogens is 408 g/mol. The molecule has 2 aromatic carbocycles. The van der Waals surface area contributed by atoms with Gasteiger partial charge in [-0.15, -0.1) is 0 Å². The lowest BCUT2D eigenvalue weighted by atomic mass is 10.2. The van der Waals surface area contributed by atoms with Crippen LogP contribution >= 0.6 is 0 Å². The molecule has 0 saturated heterocycles. The molecule has 0 unspecified atom stereocenters. The predicted molar refractivity (Wildman–Crippen MR) is 114 cm³/mol. The number of carbonyl (C=O) groups is 1. The second-order valence-corrected chi connectivity index (χ2v) is 8.85. The maximum atomic E-state index is 12.2. The molecular formula is C21H26N2O6S. The number of ether oxygens (including phenoxy) is 3. The first-order valence-corrected chi connectivity index (χ1v) is 11.5. The zero-order chi connectivity index (χ0) is 21.6. The minimum absolute atomic E-state index is 0.170. The standard InChI is InChI=1S/C21H26N2O6S/c1-27-17-8-5-7-16(13-17)23(30(2,25)26)12-6-11-21(24)22-14-18-15-28-19-9-3-4-10-20(19)29-18/h3-5,7-10,13,18H,6,11-12,14-15H2,1-2H3,(H,22,24)/t18-/m0/s1. The molecule has 30 heavy (non-hydrogen) atoms. The summed E-state index contributed by atoms with van der Waals surface area (Å²) in [5.74, 6) is 1.75. The van der Waals surface area contributed by atoms with Gasteiger partial charge in [0.2, 0.25) is 15.9 Å². The number of hydrogen-bond donors (Lipinski definition) is 1. The van der Waals surface area contributed by atoms with Crippen molar-refractivity contribution >= 4 is 21.6 Å². The Morgan fingerprint density at radius 3 is 2.70 bits per heavy atom. The van der Waals surface area contributed by atoms with Crippen LogP contribution in [0.5, 0.6) is 17.2 Å². The Bertz CT molecular complexity index is 979. The predicted octanol–water partition coefficient (Wildman–Crippen LogP) is 2.20. The summed E-state index contributed by atoms with van der Waals surface area (Å²) in [6, 6.07) is 14.2. The number of rotatable bonds is 9. The fourth-order valence-corrected chi connectivity index (χ4v) is 4.07. The van der Waals surface area contributed by atoms with E-state index in [1.54, 1.807) is 24.3 Å². The summed E-state index contributed by atoms with van der Waals surface area (Å²) < 4.78 is 42.3. The molecule has 0 saturated carbocycles. The zero-order valence-corrected chi connectivity index (χ0v) is 17.9. The molecule has 1 N–H and O–H groups in total. The number of methoxy groups -OCH3 is 1. The Labute approximate surface area is 176 Å². The molecule has 1 amide bonds. The van der Waals surface area contributed by atoms with Crippen LogP contribution in [-0.4, -0.2) is 53.5 Å². The number of nitrogens with one attached hydrogen (secondary N) is 1. The number of nitrogens with zero attached hydrogens (tertiary/aromatic N) is 1. The highest BCUT2D eigenvalue weighted by molar-refractivity contribution is 7.92. The van der Waals surface area contributed by atoms with E-state index in [1.165, 1.54) is 11.4 Å². The van der Waals surface area contributed by atoms with Gasteiger partial charge in [0.1, 0.15) is 18.5 Å². The lowest BCUT2D eigenvalue weighted by Crippen LogP contribution is -2.41. The monoisotopic (exact) mass is 434 g/mol. The van der Waals surface area contributed by atoms with E-state index in [2.05, 4.69) is 5.32 Å². The van der Waals surface area contributed by atoms with Crippen LogP contribution in [0.15, 0.2) is 48.5 Å². The van der Waals surface area contributed by atoms with Crippen LogP contribution in [0.1, 0.15) is 12.8 Å². The first kappa shape index (κ1) is 21.8. The van der Waals surface area contributed by atoms with E-state index < -0.39 is 10.0 Å². The number of amides is 1. The van der Waals surface area contributed by atoms with Crippen molar-refractivity contribution in [3.05, 3.63) is 48.5 Å². The van der Waals surface area contributed by atoms with Crippen molar-refractivity contribution in [2.75, 3.05) is 37.4 Å². The summed E-state index contributed by atoms with van der Waals surface area (Å²) in [6.07, 6.45) is 1.44. The molecule has 9 heteroatoms. The Hall–Kier alpha value is -2.94. The van der Waals surface area contributed by atoms with Gasteiger partial charge in [0.25, 0.3) is 0 Å². The van der Waals surface area contributed by atoms with Crippen LogP contribution in [-0.2, 0) is 14.8 Å². The molecule has 0 spiro atoms. The van der Waals surface area contributed by atoms with Crippen LogP contribution < -0.4 is 23.8 Å². The van der Waals surface area contributed by atoms with E-state index in [0.717, 1.165) is 6.26 Å². The maximum Gasteiger partial charge on any atom is 0.232 e. The highest BCUT2D eigenvalue weighted by Gasteiger charge is 2.21. The van der Waals surface area contributed by atoms with Gasteiger partial charge >= 0.3 is 0 Å². The highest BCUT2D eigenvalue weighted by atomic mass is 32.2. The van der Waals surface area contributed by atoms with Crippen molar-refractivity contribution in [3.63, 3.8) is 0 Å². The minimum Gasteiger partial charge on any atom is -0.497 e. The van der Waals surface area contributed by atoms with Gasteiger partial charge in [0.15, 0.2) is 11.5 Å². The fourth-order valence-electron chi connectivity index (χ4n) is 3.11. The Morgan fingerprint density at radius 1 is 1.20 bits per heavy atom. The molecule has 0 aliphatic carbocycles. The van der Waals surface area contributed by atoms with Crippen molar-refractivity contribution in [2.24, 2.45) is 0 Å². The number of para-hydroxylation sites is 2. The lowest BCUT2D eigenvalue weighted by molar-refractivity contribution is -0.121. The largest absolute Gasteiger partial charge is 0.497 e. The molecule has 8 nitrogen and oxygen atoms in total. The zero-order valence-electron chi connectivity index (χ0n) is 17.0. The van der Waals surface area contributed by atoms with Crippen molar-refractivity contribution in [1.29, 1.82) is 0 Å². The summed E-state index contributed by atoms with van der Waals surface area (Å²) >= 11 is 0. The van der Waals surface area contributed by atoms with Gasteiger partial charge in [-0.3, -0.25) is 9.10 Å². The molecule has 2 aromatic rings. The molecule has 162 valence electrons. The van der Waals surface area contributed by atoms with Gasteiger partial charge in [0.05, 0.1) is 25.6 Å². The number of anilines is 1. The van der Waals surface area contributed by atoms with E-state index in [0.29, 0.717) is 42.5 Å². The van der Waals surface area contributed by atoms with E-state index >= 15 is 0 Å². The van der Waals surface area contributed by atoms with E-state index in [9.17, 15) is 13.2 Å². The number of benzene rings is 2. The average Bonchev–Trinajstić information content (AvgIpc) is 2.74. The van der Waals surface area contributed by atoms with E-state index in [-0.39, 0.29) is 25.0 Å². The normalized spacial score (nSPS) is 15.3. The average molecular weight is 435 g/mol. The summed E-state index contributed by atoms with van der Waals surface area (Å²) in [5, 5.41) is 2.82. The first-order valence-electron chi connectivity index (χ1n) is 9.64. The van der Waals surface area contributed by atoms with Gasteiger partial charge in [-0.1, -0.05) is 18.2 Å². The maximum absolute atomic E-state index is 12.2. The third-order valence-electron chi connectivity index (χ3n) is 4.60. The molecule has 0 bridgehead atoms. The van der Waals surface area contributed by atoms with Gasteiger partial charge < -0.3 is 19.5 Å². The van der Waals surface area contributed by atoms with E-state index in [1.807, 2.05) is 24.3 Å². The van der Waals surface area contributed by atoms with Crippen LogP contribution in [0, 0.1) is 0 Å². The topological polar surface area (TPSA) is 94.2 Å². The highest BCUT2D eigenvalue weighted by Crippen LogP contribution is 2.30. The third-order valence-corrected chi connectivity index (χ3v) is 5.80. The van der Waals surface area contributed by atoms with E-state index in [4.69, 9.17) is 14.2 Å². The van der Waals surface area contributed by atoms with Crippen LogP contribution in [0.25, 0.3) is 0 Å². The number of sulfonamides is 1. The summed E-state index contributed by atoms with van der Waals surface area (Å²) in [5.41, 5.74) is 0.503. The van der Waals surface area contributed by atoms with Crippen LogP contribution in [0.3, 0.4) is 0 Å². The molecule has 1 atom stereocenters. The Morgan fingerprint density at radius 2 is 1.97 bits per heavy atom. The van der Waals surface area contributed by atoms with Gasteiger partial charge in [-0.2, -0.15) is 0 Å². The third kappa shape index (κ3) is 5.79. The van der Waals surface area contributed by atoms with Crippen molar-refractivity contribution in [1.82, 2.24) is 5.32 Å². The molecule has 1 heterocycles. The second-order valence-electron chi connectivity index (χ2n) is 6.94. The van der Waals surface area contributed by atoms with Gasteiger partial charge in [0, 0.05) is 19.0 Å². The minimum atomic E-state index is -3.49. The Kier molecular flexibility index (Phi) is 7.04. The quantitative estimate of drug-likeness (QED) is 0.650. The Balaban J connectivity index is 1.48. The SMILES string of the molecule is COc1cccc(N(CCCC(=O)NC[C@H]2COc3ccccc3O2)S(C)(=O)=O)c1. The molecule has 0 aromatic heterocycles. The molecule has 0 fully saturated rings. The summed E-state index contributed by atoms with van der Waals surface area (Å²) in [7, 11) is -1.97. The molecule has 1 aliphatic heterocycles. The first-order chi connectivity index (χ1) is 14.4. The lowest BCUT2D eigenvalue weighted by Gasteiger charge is -2.26. The van der Waals surface area contributed by atoms with Crippen LogP contribution in [0.2, 0.25) is 0 Å².